The van der Waals surface area contributed by atoms with Crippen molar-refractivity contribution in [3.05, 3.63) is 30.3 Å². The van der Waals surface area contributed by atoms with E-state index >= 15 is 0 Å². The first-order valence-electron chi connectivity index (χ1n) is 7.20. The number of nitrogens with one attached hydrogen (secondary N) is 1. The van der Waals surface area contributed by atoms with E-state index in [9.17, 15) is 5.26 Å². The van der Waals surface area contributed by atoms with E-state index in [0.717, 1.165) is 37.3 Å². The molecule has 0 aromatic heterocycles. The molecule has 0 unspecified atom stereocenters. The maximum atomic E-state index is 9.58. The fourth-order valence-corrected chi connectivity index (χ4v) is 3.04. The standard InChI is InChI=1S/C17H24N2/c1-16(2,3)14-9-11-17(13-18,12-10-14)19-15-7-5-4-6-8-15/h4-8,14,19H,9-12H2,1-3H3. The second-order valence-electron chi connectivity index (χ2n) is 6.83. The summed E-state index contributed by atoms with van der Waals surface area (Å²) in [7, 11) is 0. The number of para-hydroxylation sites is 1. The van der Waals surface area contributed by atoms with Gasteiger partial charge in [0.15, 0.2) is 0 Å². The van der Waals surface area contributed by atoms with E-state index in [4.69, 9.17) is 0 Å². The lowest BCUT2D eigenvalue weighted by molar-refractivity contribution is 0.159. The predicted octanol–water partition coefficient (Wildman–Crippen LogP) is 4.60. The molecule has 0 radical (unpaired) electrons. The zero-order chi connectivity index (χ0) is 13.9. The molecule has 1 aliphatic carbocycles. The quantitative estimate of drug-likeness (QED) is 0.839. The van der Waals surface area contributed by atoms with Gasteiger partial charge >= 0.3 is 0 Å². The highest BCUT2D eigenvalue weighted by Crippen LogP contribution is 2.42. The largest absolute Gasteiger partial charge is 0.367 e. The number of hydrogen-bond acceptors (Lipinski definition) is 2. The monoisotopic (exact) mass is 256 g/mol. The molecule has 2 heteroatoms. The molecule has 0 amide bonds. The fraction of sp³-hybridized carbons (Fsp3) is 0.588. The van der Waals surface area contributed by atoms with Gasteiger partial charge in [-0.1, -0.05) is 39.0 Å². The molecule has 2 nitrogen and oxygen atoms in total. The second-order valence-corrected chi connectivity index (χ2v) is 6.83. The maximum Gasteiger partial charge on any atom is 0.125 e. The molecule has 0 spiro atoms. The summed E-state index contributed by atoms with van der Waals surface area (Å²) in [6.07, 6.45) is 4.16. The van der Waals surface area contributed by atoms with Gasteiger partial charge in [-0.2, -0.15) is 5.26 Å². The summed E-state index contributed by atoms with van der Waals surface area (Å²) < 4.78 is 0. The third-order valence-corrected chi connectivity index (χ3v) is 4.44. The van der Waals surface area contributed by atoms with Crippen LogP contribution in [0.4, 0.5) is 5.69 Å². The Labute approximate surface area is 116 Å². The lowest BCUT2D eigenvalue weighted by Gasteiger charge is -2.41. The van der Waals surface area contributed by atoms with Crippen molar-refractivity contribution in [3.8, 4) is 6.07 Å². The summed E-state index contributed by atoms with van der Waals surface area (Å²) >= 11 is 0. The van der Waals surface area contributed by atoms with E-state index < -0.39 is 0 Å². The normalized spacial score (nSPS) is 27.6. The molecule has 0 bridgehead atoms. The van der Waals surface area contributed by atoms with E-state index in [-0.39, 0.29) is 5.54 Å². The second kappa shape index (κ2) is 5.25. The van der Waals surface area contributed by atoms with Crippen molar-refractivity contribution in [2.24, 2.45) is 11.3 Å². The minimum absolute atomic E-state index is 0.356. The Morgan fingerprint density at radius 2 is 1.74 bits per heavy atom. The Balaban J connectivity index is 2.05. The van der Waals surface area contributed by atoms with Gasteiger partial charge in [0, 0.05) is 5.69 Å². The Morgan fingerprint density at radius 1 is 1.16 bits per heavy atom. The molecular formula is C17H24N2. The van der Waals surface area contributed by atoms with Crippen molar-refractivity contribution in [3.63, 3.8) is 0 Å². The highest BCUT2D eigenvalue weighted by atomic mass is 15.0. The molecule has 0 saturated heterocycles. The van der Waals surface area contributed by atoms with Gasteiger partial charge in [-0.05, 0) is 49.1 Å². The van der Waals surface area contributed by atoms with E-state index in [1.165, 1.54) is 0 Å². The minimum atomic E-state index is -0.372. The smallest absolute Gasteiger partial charge is 0.125 e. The Morgan fingerprint density at radius 3 is 2.21 bits per heavy atom. The topological polar surface area (TPSA) is 35.8 Å². The number of benzene rings is 1. The predicted molar refractivity (Wildman–Crippen MR) is 79.8 cm³/mol. The number of rotatable bonds is 2. The highest BCUT2D eigenvalue weighted by molar-refractivity contribution is 5.47. The molecule has 1 N–H and O–H groups in total. The van der Waals surface area contributed by atoms with Gasteiger partial charge in [-0.15, -0.1) is 0 Å². The molecule has 0 heterocycles. The van der Waals surface area contributed by atoms with Crippen molar-refractivity contribution in [2.45, 2.75) is 52.0 Å². The van der Waals surface area contributed by atoms with Crippen molar-refractivity contribution in [1.82, 2.24) is 0 Å². The van der Waals surface area contributed by atoms with Crippen LogP contribution in [0, 0.1) is 22.7 Å². The van der Waals surface area contributed by atoms with Crippen LogP contribution in [0.2, 0.25) is 0 Å². The third kappa shape index (κ3) is 3.29. The molecule has 1 aromatic carbocycles. The lowest BCUT2D eigenvalue weighted by atomic mass is 9.67. The number of nitriles is 1. The van der Waals surface area contributed by atoms with Gasteiger partial charge in [0.25, 0.3) is 0 Å². The molecule has 1 aliphatic rings. The summed E-state index contributed by atoms with van der Waals surface area (Å²) in [5.41, 5.74) is 1.04. The molecule has 2 rings (SSSR count). The Hall–Kier alpha value is -1.49. The van der Waals surface area contributed by atoms with Crippen LogP contribution < -0.4 is 5.32 Å². The SMILES string of the molecule is CC(C)(C)C1CCC(C#N)(Nc2ccccc2)CC1. The number of hydrogen-bond donors (Lipinski definition) is 1. The summed E-state index contributed by atoms with van der Waals surface area (Å²) in [4.78, 5) is 0. The minimum Gasteiger partial charge on any atom is -0.367 e. The zero-order valence-corrected chi connectivity index (χ0v) is 12.2. The van der Waals surface area contributed by atoms with Crippen molar-refractivity contribution in [1.29, 1.82) is 5.26 Å². The average molecular weight is 256 g/mol. The van der Waals surface area contributed by atoms with Gasteiger partial charge in [-0.3, -0.25) is 0 Å². The van der Waals surface area contributed by atoms with E-state index in [2.05, 4.69) is 32.2 Å². The van der Waals surface area contributed by atoms with Crippen molar-refractivity contribution >= 4 is 5.69 Å². The van der Waals surface area contributed by atoms with Crippen LogP contribution in [-0.2, 0) is 0 Å². The molecule has 1 fully saturated rings. The number of anilines is 1. The fourth-order valence-electron chi connectivity index (χ4n) is 3.04. The van der Waals surface area contributed by atoms with Crippen LogP contribution in [-0.4, -0.2) is 5.54 Å². The van der Waals surface area contributed by atoms with Gasteiger partial charge in [0.1, 0.15) is 5.54 Å². The Bertz CT molecular complexity index is 442. The van der Waals surface area contributed by atoms with Crippen LogP contribution in [0.15, 0.2) is 30.3 Å². The van der Waals surface area contributed by atoms with Gasteiger partial charge < -0.3 is 5.32 Å². The first-order chi connectivity index (χ1) is 8.95. The molecule has 1 saturated carbocycles. The van der Waals surface area contributed by atoms with E-state index in [0.29, 0.717) is 5.41 Å². The zero-order valence-electron chi connectivity index (χ0n) is 12.2. The highest BCUT2D eigenvalue weighted by Gasteiger charge is 2.38. The summed E-state index contributed by atoms with van der Waals surface area (Å²) in [5, 5.41) is 13.0. The summed E-state index contributed by atoms with van der Waals surface area (Å²) in [6, 6.07) is 12.6. The summed E-state index contributed by atoms with van der Waals surface area (Å²) in [5.74, 6) is 0.728. The van der Waals surface area contributed by atoms with Gasteiger partial charge in [0.05, 0.1) is 6.07 Å². The molecule has 19 heavy (non-hydrogen) atoms. The summed E-state index contributed by atoms with van der Waals surface area (Å²) in [6.45, 7) is 6.92. The van der Waals surface area contributed by atoms with Crippen molar-refractivity contribution < 1.29 is 0 Å². The van der Waals surface area contributed by atoms with E-state index in [1.54, 1.807) is 0 Å². The molecule has 1 aromatic rings. The molecule has 0 atom stereocenters. The first-order valence-corrected chi connectivity index (χ1v) is 7.20. The van der Waals surface area contributed by atoms with Crippen molar-refractivity contribution in [2.75, 3.05) is 5.32 Å². The van der Waals surface area contributed by atoms with Crippen LogP contribution in [0.3, 0.4) is 0 Å². The maximum absolute atomic E-state index is 9.58. The molecular weight excluding hydrogens is 232 g/mol. The van der Waals surface area contributed by atoms with Crippen LogP contribution in [0.25, 0.3) is 0 Å². The van der Waals surface area contributed by atoms with Crippen LogP contribution in [0.1, 0.15) is 46.5 Å². The van der Waals surface area contributed by atoms with Gasteiger partial charge in [-0.25, -0.2) is 0 Å². The Kier molecular flexibility index (Phi) is 3.85. The first kappa shape index (κ1) is 13.9. The average Bonchev–Trinajstić information content (AvgIpc) is 2.39. The third-order valence-electron chi connectivity index (χ3n) is 4.44. The van der Waals surface area contributed by atoms with Crippen LogP contribution >= 0.6 is 0 Å². The van der Waals surface area contributed by atoms with E-state index in [1.807, 2.05) is 30.3 Å². The number of nitrogens with zero attached hydrogens (tertiary/aromatic N) is 1. The molecule has 0 aliphatic heterocycles. The molecule has 102 valence electrons. The lowest BCUT2D eigenvalue weighted by Crippen LogP contribution is -2.42. The van der Waals surface area contributed by atoms with Crippen LogP contribution in [0.5, 0.6) is 0 Å². The van der Waals surface area contributed by atoms with Gasteiger partial charge in [0.2, 0.25) is 0 Å².